The lowest BCUT2D eigenvalue weighted by Crippen LogP contribution is -2.32. The number of imide groups is 1. The highest BCUT2D eigenvalue weighted by Gasteiger charge is 2.35. The zero-order valence-electron chi connectivity index (χ0n) is 18.9. The van der Waals surface area contributed by atoms with E-state index in [4.69, 9.17) is 9.47 Å². The van der Waals surface area contributed by atoms with Crippen molar-refractivity contribution in [2.24, 2.45) is 0 Å². The predicted octanol–water partition coefficient (Wildman–Crippen LogP) is 6.53. The maximum absolute atomic E-state index is 12.9. The molecule has 1 saturated heterocycles. The Morgan fingerprint density at radius 3 is 2.40 bits per heavy atom. The fourth-order valence-corrected chi connectivity index (χ4v) is 4.77. The third-order valence-corrected chi connectivity index (χ3v) is 6.58. The molecule has 5 nitrogen and oxygen atoms in total. The van der Waals surface area contributed by atoms with Gasteiger partial charge < -0.3 is 9.47 Å². The summed E-state index contributed by atoms with van der Waals surface area (Å²) in [7, 11) is 0. The van der Waals surface area contributed by atoms with Crippen molar-refractivity contribution in [1.29, 1.82) is 0 Å². The first-order valence-electron chi connectivity index (χ1n) is 11.3. The Hall–Kier alpha value is -4.03. The molecule has 0 bridgehead atoms. The van der Waals surface area contributed by atoms with E-state index in [1.807, 2.05) is 78.9 Å². The van der Waals surface area contributed by atoms with Gasteiger partial charge in [-0.25, -0.2) is 0 Å². The highest BCUT2D eigenvalue weighted by Crippen LogP contribution is 2.34. The summed E-state index contributed by atoms with van der Waals surface area (Å²) in [5.41, 5.74) is 1.83. The SMILES string of the molecule is O=C1S/C(=C\c2ccccc2OCc2cccc3ccccc23)C(=O)N1CCOc1ccccc1. The molecule has 2 amide bonds. The van der Waals surface area contributed by atoms with E-state index in [-0.39, 0.29) is 24.3 Å². The van der Waals surface area contributed by atoms with Gasteiger partial charge in [0.15, 0.2) is 0 Å². The second-order valence-electron chi connectivity index (χ2n) is 7.96. The van der Waals surface area contributed by atoms with Crippen molar-refractivity contribution in [2.45, 2.75) is 6.61 Å². The van der Waals surface area contributed by atoms with E-state index in [0.717, 1.165) is 33.7 Å². The number of thioether (sulfide) groups is 1. The van der Waals surface area contributed by atoms with E-state index in [9.17, 15) is 9.59 Å². The third kappa shape index (κ3) is 5.23. The van der Waals surface area contributed by atoms with E-state index in [2.05, 4.69) is 18.2 Å². The molecule has 4 aromatic rings. The van der Waals surface area contributed by atoms with Gasteiger partial charge in [0.05, 0.1) is 11.4 Å². The molecule has 1 heterocycles. The molecule has 1 aliphatic rings. The van der Waals surface area contributed by atoms with Gasteiger partial charge in [0.1, 0.15) is 24.7 Å². The molecule has 0 aromatic heterocycles. The summed E-state index contributed by atoms with van der Waals surface area (Å²) in [6.45, 7) is 0.820. The average Bonchev–Trinajstić information content (AvgIpc) is 3.16. The molecule has 5 rings (SSSR count). The predicted molar refractivity (Wildman–Crippen MR) is 139 cm³/mol. The number of para-hydroxylation sites is 2. The maximum Gasteiger partial charge on any atom is 0.293 e. The fourth-order valence-electron chi connectivity index (χ4n) is 3.91. The van der Waals surface area contributed by atoms with Crippen molar-refractivity contribution in [3.05, 3.63) is 113 Å². The van der Waals surface area contributed by atoms with E-state index in [1.165, 1.54) is 4.90 Å². The number of fused-ring (bicyclic) bond motifs is 1. The number of carbonyl (C=O) groups is 2. The Balaban J connectivity index is 1.28. The molecule has 174 valence electrons. The van der Waals surface area contributed by atoms with Crippen LogP contribution in [0.2, 0.25) is 0 Å². The number of ether oxygens (including phenoxy) is 2. The zero-order chi connectivity index (χ0) is 24.0. The largest absolute Gasteiger partial charge is 0.492 e. The molecule has 0 aliphatic carbocycles. The summed E-state index contributed by atoms with van der Waals surface area (Å²) >= 11 is 0.935. The summed E-state index contributed by atoms with van der Waals surface area (Å²) in [5, 5.41) is 2.00. The number of benzene rings is 4. The number of amides is 2. The van der Waals surface area contributed by atoms with Crippen LogP contribution in [0.4, 0.5) is 4.79 Å². The molecule has 35 heavy (non-hydrogen) atoms. The third-order valence-electron chi connectivity index (χ3n) is 5.67. The highest BCUT2D eigenvalue weighted by molar-refractivity contribution is 8.18. The van der Waals surface area contributed by atoms with Gasteiger partial charge in [-0.2, -0.15) is 0 Å². The normalized spacial score (nSPS) is 14.6. The number of hydrogen-bond acceptors (Lipinski definition) is 5. The second kappa shape index (κ2) is 10.5. The van der Waals surface area contributed by atoms with Crippen LogP contribution in [0.25, 0.3) is 16.8 Å². The van der Waals surface area contributed by atoms with Crippen LogP contribution < -0.4 is 9.47 Å². The van der Waals surface area contributed by atoms with Crippen molar-refractivity contribution in [3.8, 4) is 11.5 Å². The van der Waals surface area contributed by atoms with Gasteiger partial charge in [0, 0.05) is 5.56 Å². The van der Waals surface area contributed by atoms with Gasteiger partial charge in [0.25, 0.3) is 11.1 Å². The van der Waals surface area contributed by atoms with Crippen molar-refractivity contribution >= 4 is 39.8 Å². The molecular weight excluding hydrogens is 458 g/mol. The first-order chi connectivity index (χ1) is 17.2. The first kappa shape index (κ1) is 22.7. The minimum absolute atomic E-state index is 0.191. The molecule has 0 unspecified atom stereocenters. The lowest BCUT2D eigenvalue weighted by Gasteiger charge is -2.13. The summed E-state index contributed by atoms with van der Waals surface area (Å²) in [6, 6.07) is 31.2. The summed E-state index contributed by atoms with van der Waals surface area (Å²) in [5.74, 6) is 1.03. The number of carbonyl (C=O) groups excluding carboxylic acids is 2. The molecule has 4 aromatic carbocycles. The Morgan fingerprint density at radius 2 is 1.51 bits per heavy atom. The van der Waals surface area contributed by atoms with E-state index in [1.54, 1.807) is 6.08 Å². The molecule has 0 spiro atoms. The standard InChI is InChI=1S/C29H23NO4S/c31-28-27(35-29(32)30(28)17-18-33-24-13-2-1-3-14-24)19-22-10-5-7-16-26(22)34-20-23-12-8-11-21-9-4-6-15-25(21)23/h1-16,19H,17-18,20H2/b27-19-. The van der Waals surface area contributed by atoms with Crippen LogP contribution in [0.1, 0.15) is 11.1 Å². The van der Waals surface area contributed by atoms with Gasteiger partial charge >= 0.3 is 0 Å². The summed E-state index contributed by atoms with van der Waals surface area (Å²) < 4.78 is 11.8. The zero-order valence-corrected chi connectivity index (χ0v) is 19.7. The summed E-state index contributed by atoms with van der Waals surface area (Å²) in [6.07, 6.45) is 1.72. The van der Waals surface area contributed by atoms with E-state index in [0.29, 0.717) is 23.0 Å². The lowest BCUT2D eigenvalue weighted by atomic mass is 10.1. The topological polar surface area (TPSA) is 55.8 Å². The molecule has 0 radical (unpaired) electrons. The number of hydrogen-bond donors (Lipinski definition) is 0. The minimum atomic E-state index is -0.319. The Bertz CT molecular complexity index is 1390. The van der Waals surface area contributed by atoms with Gasteiger partial charge in [0.2, 0.25) is 0 Å². The maximum atomic E-state index is 12.9. The highest BCUT2D eigenvalue weighted by atomic mass is 32.2. The van der Waals surface area contributed by atoms with E-state index < -0.39 is 0 Å². The monoisotopic (exact) mass is 481 g/mol. The second-order valence-corrected chi connectivity index (χ2v) is 8.95. The van der Waals surface area contributed by atoms with Gasteiger partial charge in [-0.3, -0.25) is 14.5 Å². The van der Waals surface area contributed by atoms with Crippen LogP contribution in [-0.4, -0.2) is 29.2 Å². The van der Waals surface area contributed by atoms with Crippen molar-refractivity contribution in [1.82, 2.24) is 4.90 Å². The lowest BCUT2D eigenvalue weighted by molar-refractivity contribution is -0.123. The van der Waals surface area contributed by atoms with Gasteiger partial charge in [-0.05, 0) is 52.4 Å². The Kier molecular flexibility index (Phi) is 6.82. The van der Waals surface area contributed by atoms with Crippen LogP contribution in [0, 0.1) is 0 Å². The Labute approximate surface area is 208 Å². The molecule has 0 atom stereocenters. The fraction of sp³-hybridized carbons (Fsp3) is 0.103. The van der Waals surface area contributed by atoms with Crippen molar-refractivity contribution < 1.29 is 19.1 Å². The van der Waals surface area contributed by atoms with Crippen LogP contribution in [0.5, 0.6) is 11.5 Å². The molecule has 6 heteroatoms. The van der Waals surface area contributed by atoms with Crippen molar-refractivity contribution in [2.75, 3.05) is 13.2 Å². The van der Waals surface area contributed by atoms with Gasteiger partial charge in [-0.15, -0.1) is 0 Å². The van der Waals surface area contributed by atoms with Crippen LogP contribution in [-0.2, 0) is 11.4 Å². The van der Waals surface area contributed by atoms with Crippen LogP contribution >= 0.6 is 11.8 Å². The average molecular weight is 482 g/mol. The van der Waals surface area contributed by atoms with Crippen LogP contribution in [0.3, 0.4) is 0 Å². The Morgan fingerprint density at radius 1 is 0.771 bits per heavy atom. The molecular formula is C29H23NO4S. The summed E-state index contributed by atoms with van der Waals surface area (Å²) in [4.78, 5) is 27.0. The van der Waals surface area contributed by atoms with Gasteiger partial charge in [-0.1, -0.05) is 78.9 Å². The molecule has 0 saturated carbocycles. The quantitative estimate of drug-likeness (QED) is 0.268. The number of rotatable bonds is 8. The van der Waals surface area contributed by atoms with Crippen molar-refractivity contribution in [3.63, 3.8) is 0 Å². The molecule has 1 aliphatic heterocycles. The minimum Gasteiger partial charge on any atom is -0.492 e. The van der Waals surface area contributed by atoms with E-state index >= 15 is 0 Å². The smallest absolute Gasteiger partial charge is 0.293 e. The number of nitrogens with zero attached hydrogens (tertiary/aromatic N) is 1. The molecule has 1 fully saturated rings. The van der Waals surface area contributed by atoms with Crippen LogP contribution in [0.15, 0.2) is 102 Å². The first-order valence-corrected chi connectivity index (χ1v) is 12.1. The molecule has 0 N–H and O–H groups in total.